The summed E-state index contributed by atoms with van der Waals surface area (Å²) in [7, 11) is 2.76. The normalized spacial score (nSPS) is 11.3. The summed E-state index contributed by atoms with van der Waals surface area (Å²) in [6, 6.07) is 18.9. The quantitative estimate of drug-likeness (QED) is 0.234. The molecule has 2 aromatic heterocycles. The second-order valence-corrected chi connectivity index (χ2v) is 9.15. The second-order valence-electron chi connectivity index (χ2n) is 9.15. The van der Waals surface area contributed by atoms with Gasteiger partial charge in [-0.05, 0) is 49.2 Å². The zero-order valence-electron chi connectivity index (χ0n) is 22.0. The molecular weight excluding hydrogens is 480 g/mol. The van der Waals surface area contributed by atoms with Crippen LogP contribution in [0.1, 0.15) is 47.4 Å². The zero-order valence-corrected chi connectivity index (χ0v) is 22.0. The summed E-state index contributed by atoms with van der Waals surface area (Å²) in [6.07, 6.45) is 1.85. The first-order valence-electron chi connectivity index (χ1n) is 12.8. The van der Waals surface area contributed by atoms with Crippen molar-refractivity contribution in [1.29, 1.82) is 0 Å². The highest BCUT2D eigenvalue weighted by molar-refractivity contribution is 5.96. The van der Waals surface area contributed by atoms with Gasteiger partial charge in [0.2, 0.25) is 0 Å². The Labute approximate surface area is 220 Å². The Morgan fingerprint density at radius 1 is 0.684 bits per heavy atom. The van der Waals surface area contributed by atoms with Crippen molar-refractivity contribution in [2.75, 3.05) is 14.2 Å². The highest BCUT2D eigenvalue weighted by Crippen LogP contribution is 2.32. The molecule has 0 saturated carbocycles. The fourth-order valence-corrected chi connectivity index (χ4v) is 4.89. The van der Waals surface area contributed by atoms with Gasteiger partial charge in [0.15, 0.2) is 0 Å². The van der Waals surface area contributed by atoms with Crippen LogP contribution in [0.3, 0.4) is 0 Å². The maximum Gasteiger partial charge on any atom is 0.337 e. The number of esters is 2. The summed E-state index contributed by atoms with van der Waals surface area (Å²) in [5.74, 6) is 0.844. The smallest absolute Gasteiger partial charge is 0.337 e. The van der Waals surface area contributed by atoms with Crippen LogP contribution in [0, 0.1) is 0 Å². The maximum atomic E-state index is 12.1. The van der Waals surface area contributed by atoms with E-state index in [1.54, 1.807) is 12.1 Å². The molecule has 8 nitrogen and oxygen atoms in total. The van der Waals surface area contributed by atoms with Crippen molar-refractivity contribution in [2.45, 2.75) is 39.8 Å². The molecule has 0 aliphatic carbocycles. The minimum atomic E-state index is -0.377. The highest BCUT2D eigenvalue weighted by Gasteiger charge is 2.19. The van der Waals surface area contributed by atoms with E-state index < -0.39 is 0 Å². The lowest BCUT2D eigenvalue weighted by Crippen LogP contribution is -2.04. The molecule has 0 N–H and O–H groups in total. The standard InChI is InChI=1S/C30H30N4O4/c1-5-13-33-25-18-26-24(17-23(25)31-27(33)19-9-7-11-21(15-19)29(35)37-3)32-28(34(26)14-6-2)20-10-8-12-22(16-20)30(36)38-4/h7-12,15-18H,5-6,13-14H2,1-4H3. The number of aromatic nitrogens is 4. The van der Waals surface area contributed by atoms with Crippen LogP contribution in [-0.2, 0) is 22.6 Å². The zero-order chi connectivity index (χ0) is 26.8. The predicted octanol–water partition coefficient (Wildman–Crippen LogP) is 6.11. The third kappa shape index (κ3) is 4.42. The average molecular weight is 511 g/mol. The molecule has 0 radical (unpaired) electrons. The summed E-state index contributed by atoms with van der Waals surface area (Å²) in [6.45, 7) is 5.81. The highest BCUT2D eigenvalue weighted by atomic mass is 16.5. The Balaban J connectivity index is 1.70. The Morgan fingerprint density at radius 2 is 1.13 bits per heavy atom. The number of carbonyl (C=O) groups is 2. The van der Waals surface area contributed by atoms with Gasteiger partial charge in [0.25, 0.3) is 0 Å². The number of hydrogen-bond donors (Lipinski definition) is 0. The molecule has 0 saturated heterocycles. The number of ether oxygens (including phenoxy) is 2. The van der Waals surface area contributed by atoms with E-state index in [2.05, 4.69) is 29.0 Å². The van der Waals surface area contributed by atoms with E-state index >= 15 is 0 Å². The van der Waals surface area contributed by atoms with E-state index in [0.29, 0.717) is 11.1 Å². The van der Waals surface area contributed by atoms with Gasteiger partial charge in [-0.3, -0.25) is 0 Å². The molecule has 0 spiro atoms. The summed E-state index contributed by atoms with van der Waals surface area (Å²) < 4.78 is 14.2. The lowest BCUT2D eigenvalue weighted by Gasteiger charge is -2.10. The number of aryl methyl sites for hydroxylation is 2. The van der Waals surface area contributed by atoms with Crippen LogP contribution in [0.4, 0.5) is 0 Å². The van der Waals surface area contributed by atoms with E-state index in [4.69, 9.17) is 19.4 Å². The third-order valence-corrected chi connectivity index (χ3v) is 6.60. The molecule has 5 rings (SSSR count). The van der Waals surface area contributed by atoms with Crippen LogP contribution in [0.25, 0.3) is 44.8 Å². The van der Waals surface area contributed by atoms with Crippen molar-refractivity contribution in [1.82, 2.24) is 19.1 Å². The Hall–Kier alpha value is -4.46. The molecule has 0 aliphatic rings. The number of benzene rings is 3. The van der Waals surface area contributed by atoms with Gasteiger partial charge in [-0.25, -0.2) is 19.6 Å². The van der Waals surface area contributed by atoms with Crippen molar-refractivity contribution in [3.8, 4) is 22.8 Å². The fraction of sp³-hybridized carbons (Fsp3) is 0.267. The molecule has 38 heavy (non-hydrogen) atoms. The van der Waals surface area contributed by atoms with Crippen LogP contribution >= 0.6 is 0 Å². The predicted molar refractivity (Wildman–Crippen MR) is 147 cm³/mol. The van der Waals surface area contributed by atoms with Crippen molar-refractivity contribution < 1.29 is 19.1 Å². The first-order chi connectivity index (χ1) is 18.5. The van der Waals surface area contributed by atoms with Gasteiger partial charge in [-0.2, -0.15) is 0 Å². The van der Waals surface area contributed by atoms with Crippen LogP contribution < -0.4 is 0 Å². The van der Waals surface area contributed by atoms with Gasteiger partial charge in [-0.15, -0.1) is 0 Å². The van der Waals surface area contributed by atoms with E-state index in [0.717, 1.165) is 70.8 Å². The topological polar surface area (TPSA) is 88.2 Å². The molecule has 194 valence electrons. The van der Waals surface area contributed by atoms with Crippen LogP contribution in [0.2, 0.25) is 0 Å². The van der Waals surface area contributed by atoms with Gasteiger partial charge in [-0.1, -0.05) is 38.1 Å². The van der Waals surface area contributed by atoms with Gasteiger partial charge in [0, 0.05) is 24.2 Å². The van der Waals surface area contributed by atoms with Crippen molar-refractivity contribution in [3.05, 3.63) is 71.8 Å². The lowest BCUT2D eigenvalue weighted by molar-refractivity contribution is 0.0592. The van der Waals surface area contributed by atoms with Crippen molar-refractivity contribution in [3.63, 3.8) is 0 Å². The van der Waals surface area contributed by atoms with E-state index in [9.17, 15) is 9.59 Å². The molecule has 0 unspecified atom stereocenters. The molecule has 0 atom stereocenters. The molecule has 0 amide bonds. The first kappa shape index (κ1) is 25.2. The molecule has 5 aromatic rings. The van der Waals surface area contributed by atoms with E-state index in [-0.39, 0.29) is 11.9 Å². The summed E-state index contributed by atoms with van der Waals surface area (Å²) >= 11 is 0. The number of methoxy groups -OCH3 is 2. The summed E-state index contributed by atoms with van der Waals surface area (Å²) in [5.41, 5.74) is 6.36. The summed E-state index contributed by atoms with van der Waals surface area (Å²) in [5, 5.41) is 0. The van der Waals surface area contributed by atoms with Gasteiger partial charge in [0.1, 0.15) is 11.6 Å². The maximum absolute atomic E-state index is 12.1. The SMILES string of the molecule is CCCn1c(-c2cccc(C(=O)OC)c2)nc2cc3nc(-c4cccc(C(=O)OC)c4)n(CCC)c3cc21. The molecule has 0 aliphatic heterocycles. The number of nitrogens with zero attached hydrogens (tertiary/aromatic N) is 4. The van der Waals surface area contributed by atoms with E-state index in [1.165, 1.54) is 14.2 Å². The average Bonchev–Trinajstić information content (AvgIpc) is 3.49. The number of carbonyl (C=O) groups excluding carboxylic acids is 2. The van der Waals surface area contributed by atoms with Gasteiger partial charge >= 0.3 is 11.9 Å². The largest absolute Gasteiger partial charge is 0.465 e. The van der Waals surface area contributed by atoms with E-state index in [1.807, 2.05) is 42.5 Å². The minimum absolute atomic E-state index is 0.377. The van der Waals surface area contributed by atoms with Crippen LogP contribution in [0.5, 0.6) is 0 Å². The monoisotopic (exact) mass is 510 g/mol. The number of hydrogen-bond acceptors (Lipinski definition) is 6. The lowest BCUT2D eigenvalue weighted by atomic mass is 10.1. The fourth-order valence-electron chi connectivity index (χ4n) is 4.89. The second kappa shape index (κ2) is 10.5. The number of rotatable bonds is 8. The molecule has 8 heteroatoms. The Kier molecular flexibility index (Phi) is 6.96. The Morgan fingerprint density at radius 3 is 1.53 bits per heavy atom. The summed E-state index contributed by atoms with van der Waals surface area (Å²) in [4.78, 5) is 34.3. The number of imidazole rings is 2. The van der Waals surface area contributed by atoms with Gasteiger partial charge in [0.05, 0.1) is 47.4 Å². The molecule has 3 aromatic carbocycles. The minimum Gasteiger partial charge on any atom is -0.465 e. The Bertz CT molecular complexity index is 1540. The van der Waals surface area contributed by atoms with Gasteiger partial charge < -0.3 is 18.6 Å². The first-order valence-corrected chi connectivity index (χ1v) is 12.8. The number of fused-ring (bicyclic) bond motifs is 2. The molecular formula is C30H30N4O4. The van der Waals surface area contributed by atoms with Crippen molar-refractivity contribution in [2.24, 2.45) is 0 Å². The van der Waals surface area contributed by atoms with Crippen LogP contribution in [-0.4, -0.2) is 45.3 Å². The molecule has 2 heterocycles. The van der Waals surface area contributed by atoms with Crippen LogP contribution in [0.15, 0.2) is 60.7 Å². The third-order valence-electron chi connectivity index (χ3n) is 6.60. The van der Waals surface area contributed by atoms with Crippen molar-refractivity contribution >= 4 is 34.0 Å². The molecule has 0 fully saturated rings. The molecule has 0 bridgehead atoms.